The Hall–Kier alpha value is -2.03. The Balaban J connectivity index is 1.99. The summed E-state index contributed by atoms with van der Waals surface area (Å²) in [7, 11) is -3.84. The van der Waals surface area contributed by atoms with Crippen LogP contribution >= 0.6 is 11.3 Å². The molecule has 2 rings (SSSR count). The van der Waals surface area contributed by atoms with Crippen LogP contribution < -0.4 is 10.0 Å². The van der Waals surface area contributed by atoms with Crippen molar-refractivity contribution in [3.05, 3.63) is 52.2 Å². The highest BCUT2D eigenvalue weighted by atomic mass is 32.2. The van der Waals surface area contributed by atoms with Crippen molar-refractivity contribution in [2.24, 2.45) is 0 Å². The molecule has 0 spiro atoms. The maximum absolute atomic E-state index is 12.3. The number of benzene rings is 1. The normalized spacial score (nSPS) is 12.6. The van der Waals surface area contributed by atoms with E-state index in [9.17, 15) is 18.0 Å². The third-order valence-electron chi connectivity index (χ3n) is 3.31. The number of thiophene rings is 1. The Bertz CT molecular complexity index is 812. The molecule has 2 N–H and O–H groups in total. The lowest BCUT2D eigenvalue weighted by molar-refractivity contribution is -0.122. The monoisotopic (exact) mass is 366 g/mol. The standard InChI is InChI=1S/C16H18N2O4S2/c1-11(16(20)17-10-14-4-3-9-23-14)18-24(21,22)15-7-5-13(6-8-15)12(2)19/h3-9,11,18H,10H2,1-2H3,(H,17,20)/t11-/m1/s1. The molecule has 0 fully saturated rings. The molecule has 0 saturated carbocycles. The summed E-state index contributed by atoms with van der Waals surface area (Å²) in [6, 6.07) is 8.42. The van der Waals surface area contributed by atoms with Crippen molar-refractivity contribution in [2.45, 2.75) is 31.3 Å². The number of sulfonamides is 1. The molecule has 1 aromatic carbocycles. The van der Waals surface area contributed by atoms with Gasteiger partial charge in [0, 0.05) is 10.4 Å². The van der Waals surface area contributed by atoms with Crippen molar-refractivity contribution >= 4 is 33.1 Å². The summed E-state index contributed by atoms with van der Waals surface area (Å²) in [5.74, 6) is -0.555. The number of rotatable bonds is 7. The highest BCUT2D eigenvalue weighted by Crippen LogP contribution is 2.12. The van der Waals surface area contributed by atoms with Crippen molar-refractivity contribution < 1.29 is 18.0 Å². The number of amides is 1. The molecule has 24 heavy (non-hydrogen) atoms. The summed E-state index contributed by atoms with van der Waals surface area (Å²) in [6.45, 7) is 3.24. The van der Waals surface area contributed by atoms with Crippen molar-refractivity contribution in [3.63, 3.8) is 0 Å². The zero-order chi connectivity index (χ0) is 17.7. The van der Waals surface area contributed by atoms with E-state index in [1.54, 1.807) is 0 Å². The van der Waals surface area contributed by atoms with E-state index < -0.39 is 22.0 Å². The van der Waals surface area contributed by atoms with E-state index in [-0.39, 0.29) is 10.7 Å². The first-order valence-corrected chi connectivity index (χ1v) is 9.59. The number of Topliss-reactive ketones (excluding diaryl/α,β-unsaturated/α-hetero) is 1. The van der Waals surface area contributed by atoms with E-state index in [4.69, 9.17) is 0 Å². The van der Waals surface area contributed by atoms with E-state index >= 15 is 0 Å². The van der Waals surface area contributed by atoms with Gasteiger partial charge in [-0.3, -0.25) is 9.59 Å². The van der Waals surface area contributed by atoms with Crippen LogP contribution in [0, 0.1) is 0 Å². The Morgan fingerprint density at radius 3 is 2.38 bits per heavy atom. The molecule has 1 heterocycles. The molecule has 0 radical (unpaired) electrons. The van der Waals surface area contributed by atoms with Gasteiger partial charge in [0.15, 0.2) is 5.78 Å². The molecule has 0 aliphatic carbocycles. The number of ketones is 1. The van der Waals surface area contributed by atoms with Gasteiger partial charge < -0.3 is 5.32 Å². The van der Waals surface area contributed by atoms with Crippen LogP contribution in [0.15, 0.2) is 46.7 Å². The molecule has 0 aliphatic rings. The molecule has 1 atom stereocenters. The van der Waals surface area contributed by atoms with E-state index in [0.29, 0.717) is 12.1 Å². The second-order valence-corrected chi connectivity index (χ2v) is 7.97. The van der Waals surface area contributed by atoms with E-state index in [1.807, 2.05) is 17.5 Å². The molecular weight excluding hydrogens is 348 g/mol. The molecule has 0 unspecified atom stereocenters. The van der Waals surface area contributed by atoms with Gasteiger partial charge in [-0.2, -0.15) is 4.72 Å². The first kappa shape index (κ1) is 18.3. The topological polar surface area (TPSA) is 92.3 Å². The quantitative estimate of drug-likeness (QED) is 0.733. The van der Waals surface area contributed by atoms with Crippen molar-refractivity contribution in [3.8, 4) is 0 Å². The zero-order valence-electron chi connectivity index (χ0n) is 13.3. The highest BCUT2D eigenvalue weighted by Gasteiger charge is 2.22. The minimum absolute atomic E-state index is 0.00501. The van der Waals surface area contributed by atoms with Crippen LogP contribution in [-0.2, 0) is 21.4 Å². The first-order valence-electron chi connectivity index (χ1n) is 7.23. The number of carbonyl (C=O) groups excluding carboxylic acids is 2. The molecule has 2 aromatic rings. The third-order valence-corrected chi connectivity index (χ3v) is 5.75. The molecule has 0 aliphatic heterocycles. The van der Waals surface area contributed by atoms with Crippen molar-refractivity contribution in [2.75, 3.05) is 0 Å². The summed E-state index contributed by atoms with van der Waals surface area (Å²) < 4.78 is 26.9. The van der Waals surface area contributed by atoms with E-state index in [1.165, 1.54) is 49.4 Å². The molecule has 128 valence electrons. The molecule has 1 aromatic heterocycles. The van der Waals surface area contributed by atoms with Crippen molar-refractivity contribution in [1.29, 1.82) is 0 Å². The van der Waals surface area contributed by atoms with Crippen LogP contribution in [0.1, 0.15) is 29.1 Å². The predicted octanol–water partition coefficient (Wildman–Crippen LogP) is 1.93. The SMILES string of the molecule is CC(=O)c1ccc(S(=O)(=O)N[C@H](C)C(=O)NCc2cccs2)cc1. The maximum atomic E-state index is 12.3. The second kappa shape index (κ2) is 7.69. The Morgan fingerprint density at radius 1 is 1.17 bits per heavy atom. The summed E-state index contributed by atoms with van der Waals surface area (Å²) >= 11 is 1.51. The molecule has 8 heteroatoms. The van der Waals surface area contributed by atoms with Gasteiger partial charge in [0.25, 0.3) is 0 Å². The lowest BCUT2D eigenvalue weighted by Gasteiger charge is -2.14. The van der Waals surface area contributed by atoms with E-state index in [2.05, 4.69) is 10.0 Å². The lowest BCUT2D eigenvalue weighted by Crippen LogP contribution is -2.44. The maximum Gasteiger partial charge on any atom is 0.241 e. The fourth-order valence-corrected chi connectivity index (χ4v) is 3.81. The fourth-order valence-electron chi connectivity index (χ4n) is 1.96. The minimum Gasteiger partial charge on any atom is -0.350 e. The molecular formula is C16H18N2O4S2. The van der Waals surface area contributed by atoms with E-state index in [0.717, 1.165) is 4.88 Å². The Kier molecular flexibility index (Phi) is 5.87. The van der Waals surface area contributed by atoms with Gasteiger partial charge in [0.05, 0.1) is 17.5 Å². The van der Waals surface area contributed by atoms with Gasteiger partial charge in [0.2, 0.25) is 15.9 Å². The fraction of sp³-hybridized carbons (Fsp3) is 0.250. The minimum atomic E-state index is -3.84. The molecule has 1 amide bonds. The summed E-state index contributed by atoms with van der Waals surface area (Å²) in [5, 5.41) is 4.58. The molecule has 0 bridgehead atoms. The van der Waals surface area contributed by atoms with Gasteiger partial charge in [-0.15, -0.1) is 11.3 Å². The van der Waals surface area contributed by atoms with Crippen LogP contribution in [0.25, 0.3) is 0 Å². The summed E-state index contributed by atoms with van der Waals surface area (Å²) in [5.41, 5.74) is 0.427. The largest absolute Gasteiger partial charge is 0.350 e. The van der Waals surface area contributed by atoms with Crippen LogP contribution in [0.4, 0.5) is 0 Å². The number of carbonyl (C=O) groups is 2. The average molecular weight is 366 g/mol. The molecule has 6 nitrogen and oxygen atoms in total. The number of hydrogen-bond donors (Lipinski definition) is 2. The smallest absolute Gasteiger partial charge is 0.241 e. The van der Waals surface area contributed by atoms with Gasteiger partial charge in [-0.1, -0.05) is 18.2 Å². The van der Waals surface area contributed by atoms with Crippen LogP contribution in [0.5, 0.6) is 0 Å². The summed E-state index contributed by atoms with van der Waals surface area (Å²) in [4.78, 5) is 24.2. The molecule has 0 saturated heterocycles. The first-order chi connectivity index (χ1) is 11.3. The lowest BCUT2D eigenvalue weighted by atomic mass is 10.2. The van der Waals surface area contributed by atoms with Crippen molar-refractivity contribution in [1.82, 2.24) is 10.0 Å². The second-order valence-electron chi connectivity index (χ2n) is 5.22. The van der Waals surface area contributed by atoms with Crippen LogP contribution in [-0.4, -0.2) is 26.2 Å². The average Bonchev–Trinajstić information content (AvgIpc) is 3.05. The zero-order valence-corrected chi connectivity index (χ0v) is 14.9. The van der Waals surface area contributed by atoms with Gasteiger partial charge in [0.1, 0.15) is 0 Å². The van der Waals surface area contributed by atoms with Gasteiger partial charge >= 0.3 is 0 Å². The van der Waals surface area contributed by atoms with Gasteiger partial charge in [-0.05, 0) is 37.4 Å². The number of hydrogen-bond acceptors (Lipinski definition) is 5. The Labute approximate surface area is 145 Å². The summed E-state index contributed by atoms with van der Waals surface area (Å²) in [6.07, 6.45) is 0. The van der Waals surface area contributed by atoms with Gasteiger partial charge in [-0.25, -0.2) is 8.42 Å². The Morgan fingerprint density at radius 2 is 1.83 bits per heavy atom. The van der Waals surface area contributed by atoms with Crippen LogP contribution in [0.2, 0.25) is 0 Å². The predicted molar refractivity (Wildman–Crippen MR) is 92.4 cm³/mol. The third kappa shape index (κ3) is 4.73. The number of nitrogens with one attached hydrogen (secondary N) is 2. The highest BCUT2D eigenvalue weighted by molar-refractivity contribution is 7.89. The van der Waals surface area contributed by atoms with Crippen LogP contribution in [0.3, 0.4) is 0 Å².